The van der Waals surface area contributed by atoms with Gasteiger partial charge < -0.3 is 4.74 Å². The van der Waals surface area contributed by atoms with Crippen molar-refractivity contribution in [3.8, 4) is 0 Å². The van der Waals surface area contributed by atoms with Crippen LogP contribution in [0.25, 0.3) is 0 Å². The van der Waals surface area contributed by atoms with E-state index in [4.69, 9.17) is 4.74 Å². The van der Waals surface area contributed by atoms with Crippen molar-refractivity contribution in [2.75, 3.05) is 13.2 Å². The summed E-state index contributed by atoms with van der Waals surface area (Å²) in [4.78, 5) is 0. The molecule has 0 fully saturated rings. The molecule has 0 aliphatic rings. The van der Waals surface area contributed by atoms with E-state index in [2.05, 4.69) is 74.5 Å². The van der Waals surface area contributed by atoms with Crippen LogP contribution >= 0.6 is 0 Å². The number of hydrogen-bond donors (Lipinski definition) is 0. The average molecular weight is 479 g/mol. The van der Waals surface area contributed by atoms with Crippen LogP contribution in [0.5, 0.6) is 0 Å². The smallest absolute Gasteiger partial charge is 0.0535 e. The van der Waals surface area contributed by atoms with Gasteiger partial charge in [-0.3, -0.25) is 0 Å². The lowest BCUT2D eigenvalue weighted by molar-refractivity contribution is 0.101. The Morgan fingerprint density at radius 1 is 0.457 bits per heavy atom. The highest BCUT2D eigenvalue weighted by molar-refractivity contribution is 5.20. The molecule has 2 aromatic rings. The SMILES string of the molecule is CCCCCCCCCC(COCC(CCCCCCCCC)c1ccccc1)c1ccccc1. The van der Waals surface area contributed by atoms with Crippen molar-refractivity contribution in [3.63, 3.8) is 0 Å². The fourth-order valence-corrected chi connectivity index (χ4v) is 5.19. The van der Waals surface area contributed by atoms with Crippen LogP contribution in [0.1, 0.15) is 140 Å². The van der Waals surface area contributed by atoms with Crippen molar-refractivity contribution in [2.24, 2.45) is 0 Å². The molecule has 0 aliphatic carbocycles. The van der Waals surface area contributed by atoms with Crippen LogP contribution in [-0.2, 0) is 4.74 Å². The van der Waals surface area contributed by atoms with Gasteiger partial charge in [0.05, 0.1) is 13.2 Å². The highest BCUT2D eigenvalue weighted by Crippen LogP contribution is 2.27. The summed E-state index contributed by atoms with van der Waals surface area (Å²) in [6, 6.07) is 22.2. The minimum Gasteiger partial charge on any atom is -0.380 e. The Hall–Kier alpha value is -1.60. The second-order valence-corrected chi connectivity index (χ2v) is 10.6. The van der Waals surface area contributed by atoms with Crippen LogP contribution in [0.3, 0.4) is 0 Å². The van der Waals surface area contributed by atoms with E-state index in [9.17, 15) is 0 Å². The topological polar surface area (TPSA) is 9.23 Å². The second kappa shape index (κ2) is 20.6. The molecule has 0 saturated carbocycles. The van der Waals surface area contributed by atoms with E-state index >= 15 is 0 Å². The summed E-state index contributed by atoms with van der Waals surface area (Å²) in [6.07, 6.45) is 21.7. The van der Waals surface area contributed by atoms with Gasteiger partial charge >= 0.3 is 0 Å². The third kappa shape index (κ3) is 13.9. The van der Waals surface area contributed by atoms with Crippen molar-refractivity contribution in [1.82, 2.24) is 0 Å². The van der Waals surface area contributed by atoms with E-state index in [1.54, 1.807) is 0 Å². The Bertz CT molecular complexity index is 634. The first-order valence-electron chi connectivity index (χ1n) is 15.0. The number of unbranched alkanes of at least 4 members (excludes halogenated alkanes) is 12. The Kier molecular flexibility index (Phi) is 17.4. The third-order valence-electron chi connectivity index (χ3n) is 7.49. The molecule has 0 saturated heterocycles. The van der Waals surface area contributed by atoms with Gasteiger partial charge in [0.25, 0.3) is 0 Å². The van der Waals surface area contributed by atoms with Crippen LogP contribution < -0.4 is 0 Å². The highest BCUT2D eigenvalue weighted by Gasteiger charge is 2.15. The van der Waals surface area contributed by atoms with Gasteiger partial charge in [-0.2, -0.15) is 0 Å². The molecule has 2 rings (SSSR count). The van der Waals surface area contributed by atoms with Gasteiger partial charge in [-0.1, -0.05) is 164 Å². The average Bonchev–Trinajstić information content (AvgIpc) is 2.91. The van der Waals surface area contributed by atoms with E-state index < -0.39 is 0 Å². The molecule has 0 radical (unpaired) electrons. The summed E-state index contributed by atoms with van der Waals surface area (Å²) in [6.45, 7) is 6.28. The fourth-order valence-electron chi connectivity index (χ4n) is 5.19. The molecule has 0 N–H and O–H groups in total. The predicted octanol–water partition coefficient (Wildman–Crippen LogP) is 10.9. The van der Waals surface area contributed by atoms with Crippen molar-refractivity contribution in [1.29, 1.82) is 0 Å². The highest BCUT2D eigenvalue weighted by atomic mass is 16.5. The lowest BCUT2D eigenvalue weighted by Crippen LogP contribution is -2.14. The van der Waals surface area contributed by atoms with E-state index in [1.165, 1.54) is 114 Å². The standard InChI is InChI=1S/C34H54O/c1-3-5-7-9-11-13-17-27-33(31-23-19-15-20-24-31)29-35-30-34(32-25-21-16-22-26-32)28-18-14-12-10-8-6-4-2/h15-16,19-26,33-34H,3-14,17-18,27-30H2,1-2H3. The van der Waals surface area contributed by atoms with E-state index in [0.29, 0.717) is 11.8 Å². The molecule has 0 amide bonds. The zero-order chi connectivity index (χ0) is 24.8. The van der Waals surface area contributed by atoms with Crippen LogP contribution in [0.15, 0.2) is 60.7 Å². The van der Waals surface area contributed by atoms with Gasteiger partial charge in [-0.25, -0.2) is 0 Å². The number of hydrogen-bond acceptors (Lipinski definition) is 1. The fraction of sp³-hybridized carbons (Fsp3) is 0.647. The zero-order valence-electron chi connectivity index (χ0n) is 23.1. The first kappa shape index (κ1) is 29.6. The normalized spacial score (nSPS) is 13.1. The Balaban J connectivity index is 1.81. The molecule has 1 nitrogen and oxygen atoms in total. The zero-order valence-corrected chi connectivity index (χ0v) is 23.1. The molecule has 196 valence electrons. The first-order valence-corrected chi connectivity index (χ1v) is 15.0. The van der Waals surface area contributed by atoms with Gasteiger partial charge in [0.2, 0.25) is 0 Å². The quantitative estimate of drug-likeness (QED) is 0.153. The summed E-state index contributed by atoms with van der Waals surface area (Å²) < 4.78 is 6.49. The number of benzene rings is 2. The molecule has 0 aliphatic heterocycles. The number of ether oxygens (including phenoxy) is 1. The van der Waals surface area contributed by atoms with Crippen LogP contribution in [0.4, 0.5) is 0 Å². The monoisotopic (exact) mass is 478 g/mol. The van der Waals surface area contributed by atoms with Crippen molar-refractivity contribution in [2.45, 2.75) is 128 Å². The van der Waals surface area contributed by atoms with E-state index in [0.717, 1.165) is 13.2 Å². The van der Waals surface area contributed by atoms with Crippen LogP contribution in [-0.4, -0.2) is 13.2 Å². The molecule has 0 aromatic heterocycles. The first-order chi connectivity index (χ1) is 17.3. The van der Waals surface area contributed by atoms with Crippen molar-refractivity contribution >= 4 is 0 Å². The molecule has 35 heavy (non-hydrogen) atoms. The summed E-state index contributed by atoms with van der Waals surface area (Å²) in [5.41, 5.74) is 2.89. The van der Waals surface area contributed by atoms with Crippen LogP contribution in [0.2, 0.25) is 0 Å². The minimum atomic E-state index is 0.516. The number of rotatable bonds is 22. The van der Waals surface area contributed by atoms with E-state index in [-0.39, 0.29) is 0 Å². The Morgan fingerprint density at radius 3 is 1.17 bits per heavy atom. The lowest BCUT2D eigenvalue weighted by atomic mass is 9.92. The Morgan fingerprint density at radius 2 is 0.800 bits per heavy atom. The van der Waals surface area contributed by atoms with Crippen LogP contribution in [0, 0.1) is 0 Å². The summed E-state index contributed by atoms with van der Waals surface area (Å²) in [5, 5.41) is 0. The molecule has 1 heteroatoms. The molecule has 2 aromatic carbocycles. The molecular formula is C34H54O. The Labute approximate surface area is 218 Å². The third-order valence-corrected chi connectivity index (χ3v) is 7.49. The maximum Gasteiger partial charge on any atom is 0.0535 e. The van der Waals surface area contributed by atoms with E-state index in [1.807, 2.05) is 0 Å². The maximum atomic E-state index is 6.49. The molecule has 0 spiro atoms. The second-order valence-electron chi connectivity index (χ2n) is 10.6. The predicted molar refractivity (Wildman–Crippen MR) is 154 cm³/mol. The van der Waals surface area contributed by atoms with Gasteiger partial charge in [-0.15, -0.1) is 0 Å². The maximum absolute atomic E-state index is 6.49. The molecule has 0 heterocycles. The molecule has 0 bridgehead atoms. The van der Waals surface area contributed by atoms with Gasteiger partial charge in [0, 0.05) is 11.8 Å². The summed E-state index contributed by atoms with van der Waals surface area (Å²) in [7, 11) is 0. The van der Waals surface area contributed by atoms with Crippen molar-refractivity contribution in [3.05, 3.63) is 71.8 Å². The largest absolute Gasteiger partial charge is 0.380 e. The van der Waals surface area contributed by atoms with Gasteiger partial charge in [0.15, 0.2) is 0 Å². The summed E-state index contributed by atoms with van der Waals surface area (Å²) >= 11 is 0. The lowest BCUT2D eigenvalue weighted by Gasteiger charge is -2.22. The molecule has 2 atom stereocenters. The summed E-state index contributed by atoms with van der Waals surface area (Å²) in [5.74, 6) is 1.03. The minimum absolute atomic E-state index is 0.516. The molecule has 2 unspecified atom stereocenters. The van der Waals surface area contributed by atoms with Gasteiger partial charge in [-0.05, 0) is 24.0 Å². The molecular weight excluding hydrogens is 424 g/mol. The van der Waals surface area contributed by atoms with Crippen molar-refractivity contribution < 1.29 is 4.74 Å². The van der Waals surface area contributed by atoms with Gasteiger partial charge in [0.1, 0.15) is 0 Å².